The van der Waals surface area contributed by atoms with E-state index >= 15 is 0 Å². The van der Waals surface area contributed by atoms with Crippen molar-refractivity contribution in [3.05, 3.63) is 58.9 Å². The molecular weight excluding hydrogens is 305 g/mol. The van der Waals surface area contributed by atoms with Crippen molar-refractivity contribution in [1.82, 2.24) is 4.98 Å². The van der Waals surface area contributed by atoms with Gasteiger partial charge in [-0.05, 0) is 23.8 Å². The lowest BCUT2D eigenvalue weighted by atomic mass is 10.1. The van der Waals surface area contributed by atoms with E-state index in [2.05, 4.69) is 16.0 Å². The fourth-order valence-corrected chi connectivity index (χ4v) is 2.74. The SMILES string of the molecule is N#CCCN(Cc1cccnc1)c1cccc(Cl)c1CCl. The van der Waals surface area contributed by atoms with Crippen LogP contribution in [0.3, 0.4) is 0 Å². The highest BCUT2D eigenvalue weighted by atomic mass is 35.5. The topological polar surface area (TPSA) is 39.9 Å². The minimum absolute atomic E-state index is 0.338. The molecule has 1 aromatic carbocycles. The van der Waals surface area contributed by atoms with Crippen LogP contribution in [0.2, 0.25) is 5.02 Å². The van der Waals surface area contributed by atoms with E-state index in [0.717, 1.165) is 16.8 Å². The molecule has 0 unspecified atom stereocenters. The van der Waals surface area contributed by atoms with Crippen LogP contribution in [0.5, 0.6) is 0 Å². The lowest BCUT2D eigenvalue weighted by Gasteiger charge is -2.26. The Balaban J connectivity index is 2.32. The van der Waals surface area contributed by atoms with Crippen molar-refractivity contribution in [2.75, 3.05) is 11.4 Å². The molecule has 0 aliphatic rings. The number of halogens is 2. The minimum Gasteiger partial charge on any atom is -0.366 e. The van der Waals surface area contributed by atoms with E-state index in [4.69, 9.17) is 28.5 Å². The highest BCUT2D eigenvalue weighted by Gasteiger charge is 2.13. The Hall–Kier alpha value is -1.76. The number of hydrogen-bond acceptors (Lipinski definition) is 3. The van der Waals surface area contributed by atoms with Gasteiger partial charge < -0.3 is 4.90 Å². The van der Waals surface area contributed by atoms with Crippen molar-refractivity contribution < 1.29 is 0 Å². The lowest BCUT2D eigenvalue weighted by molar-refractivity contribution is 0.791. The highest BCUT2D eigenvalue weighted by Crippen LogP contribution is 2.30. The maximum absolute atomic E-state index is 8.87. The summed E-state index contributed by atoms with van der Waals surface area (Å²) in [4.78, 5) is 6.24. The van der Waals surface area contributed by atoms with Gasteiger partial charge in [-0.3, -0.25) is 4.98 Å². The molecule has 21 heavy (non-hydrogen) atoms. The van der Waals surface area contributed by atoms with Crippen LogP contribution in [-0.2, 0) is 12.4 Å². The van der Waals surface area contributed by atoms with Crippen molar-refractivity contribution >= 4 is 28.9 Å². The molecule has 0 radical (unpaired) electrons. The largest absolute Gasteiger partial charge is 0.366 e. The van der Waals surface area contributed by atoms with Gasteiger partial charge in [-0.1, -0.05) is 23.7 Å². The zero-order valence-corrected chi connectivity index (χ0v) is 13.0. The van der Waals surface area contributed by atoms with E-state index in [9.17, 15) is 0 Å². The Morgan fingerprint density at radius 3 is 2.76 bits per heavy atom. The predicted octanol–water partition coefficient (Wildman–Crippen LogP) is 4.39. The van der Waals surface area contributed by atoms with Gasteiger partial charge in [0.1, 0.15) is 0 Å². The zero-order chi connectivity index (χ0) is 15.1. The second-order valence-electron chi connectivity index (χ2n) is 4.56. The molecular formula is C16H15Cl2N3. The quantitative estimate of drug-likeness (QED) is 0.741. The third-order valence-corrected chi connectivity index (χ3v) is 3.78. The summed E-state index contributed by atoms with van der Waals surface area (Å²) in [7, 11) is 0. The number of rotatable bonds is 6. The van der Waals surface area contributed by atoms with E-state index < -0.39 is 0 Å². The number of alkyl halides is 1. The van der Waals surface area contributed by atoms with Crippen molar-refractivity contribution in [3.63, 3.8) is 0 Å². The molecule has 0 aliphatic carbocycles. The van der Waals surface area contributed by atoms with Crippen LogP contribution in [0.4, 0.5) is 5.69 Å². The molecule has 5 heteroatoms. The van der Waals surface area contributed by atoms with Gasteiger partial charge in [0, 0.05) is 41.8 Å². The molecule has 0 spiro atoms. The van der Waals surface area contributed by atoms with Crippen molar-refractivity contribution in [2.24, 2.45) is 0 Å². The number of benzene rings is 1. The molecule has 1 heterocycles. The Labute approximate surface area is 134 Å². The predicted molar refractivity (Wildman–Crippen MR) is 86.5 cm³/mol. The molecule has 2 rings (SSSR count). The molecule has 0 aliphatic heterocycles. The summed E-state index contributed by atoms with van der Waals surface area (Å²) in [5, 5.41) is 9.52. The van der Waals surface area contributed by atoms with Crippen LogP contribution >= 0.6 is 23.2 Å². The molecule has 0 saturated carbocycles. The van der Waals surface area contributed by atoms with E-state index in [1.54, 1.807) is 6.20 Å². The second kappa shape index (κ2) is 7.87. The first-order valence-electron chi connectivity index (χ1n) is 6.60. The van der Waals surface area contributed by atoms with Gasteiger partial charge >= 0.3 is 0 Å². The van der Waals surface area contributed by atoms with Crippen LogP contribution in [0.25, 0.3) is 0 Å². The van der Waals surface area contributed by atoms with E-state index in [-0.39, 0.29) is 0 Å². The van der Waals surface area contributed by atoms with Crippen molar-refractivity contribution in [2.45, 2.75) is 18.8 Å². The molecule has 0 fully saturated rings. The van der Waals surface area contributed by atoms with Crippen LogP contribution < -0.4 is 4.90 Å². The first-order valence-corrected chi connectivity index (χ1v) is 7.51. The van der Waals surface area contributed by atoms with Crippen molar-refractivity contribution in [3.8, 4) is 6.07 Å². The van der Waals surface area contributed by atoms with Gasteiger partial charge in [0.2, 0.25) is 0 Å². The van der Waals surface area contributed by atoms with E-state index in [1.165, 1.54) is 0 Å². The third-order valence-electron chi connectivity index (χ3n) is 3.16. The number of nitriles is 1. The van der Waals surface area contributed by atoms with Crippen LogP contribution in [-0.4, -0.2) is 11.5 Å². The smallest absolute Gasteiger partial charge is 0.0640 e. The Bertz CT molecular complexity index is 623. The van der Waals surface area contributed by atoms with Gasteiger partial charge in [0.15, 0.2) is 0 Å². The molecule has 2 aromatic rings. The van der Waals surface area contributed by atoms with E-state index in [1.807, 2.05) is 36.5 Å². The van der Waals surface area contributed by atoms with Crippen LogP contribution in [0.1, 0.15) is 17.5 Å². The Kier molecular flexibility index (Phi) is 5.86. The highest BCUT2D eigenvalue weighted by molar-refractivity contribution is 6.32. The average Bonchev–Trinajstić information content (AvgIpc) is 2.52. The molecule has 0 amide bonds. The number of pyridine rings is 1. The summed E-state index contributed by atoms with van der Waals surface area (Å²) in [5.41, 5.74) is 2.94. The van der Waals surface area contributed by atoms with Gasteiger partial charge in [-0.25, -0.2) is 0 Å². The minimum atomic E-state index is 0.338. The second-order valence-corrected chi connectivity index (χ2v) is 5.24. The number of nitrogens with zero attached hydrogens (tertiary/aromatic N) is 3. The van der Waals surface area contributed by atoms with Gasteiger partial charge in [0.05, 0.1) is 18.4 Å². The maximum Gasteiger partial charge on any atom is 0.0640 e. The summed E-state index contributed by atoms with van der Waals surface area (Å²) in [6.07, 6.45) is 4.01. The van der Waals surface area contributed by atoms with Crippen LogP contribution in [0, 0.1) is 11.3 Å². The zero-order valence-electron chi connectivity index (χ0n) is 11.5. The summed E-state index contributed by atoms with van der Waals surface area (Å²) in [6, 6.07) is 11.8. The summed E-state index contributed by atoms with van der Waals surface area (Å²) in [5.74, 6) is 0.338. The third kappa shape index (κ3) is 4.10. The summed E-state index contributed by atoms with van der Waals surface area (Å²) < 4.78 is 0. The molecule has 0 atom stereocenters. The van der Waals surface area contributed by atoms with Crippen molar-refractivity contribution in [1.29, 1.82) is 5.26 Å². The molecule has 0 saturated heterocycles. The lowest BCUT2D eigenvalue weighted by Crippen LogP contribution is -2.25. The molecule has 1 aromatic heterocycles. The fourth-order valence-electron chi connectivity index (χ4n) is 2.16. The Morgan fingerprint density at radius 2 is 2.10 bits per heavy atom. The van der Waals surface area contributed by atoms with Gasteiger partial charge in [0.25, 0.3) is 0 Å². The first kappa shape index (κ1) is 15.6. The molecule has 108 valence electrons. The molecule has 0 N–H and O–H groups in total. The average molecular weight is 320 g/mol. The molecule has 3 nitrogen and oxygen atoms in total. The van der Waals surface area contributed by atoms with E-state index in [0.29, 0.717) is 30.4 Å². The van der Waals surface area contributed by atoms with Gasteiger partial charge in [-0.15, -0.1) is 11.6 Å². The standard InChI is InChI=1S/C16H15Cl2N3/c17-10-14-15(18)5-1-6-16(14)21(9-3-7-19)12-13-4-2-8-20-11-13/h1-2,4-6,8,11H,3,9-10,12H2. The number of aromatic nitrogens is 1. The monoisotopic (exact) mass is 319 g/mol. The van der Waals surface area contributed by atoms with Gasteiger partial charge in [-0.2, -0.15) is 5.26 Å². The summed E-state index contributed by atoms with van der Waals surface area (Å²) >= 11 is 12.3. The fraction of sp³-hybridized carbons (Fsp3) is 0.250. The molecule has 0 bridgehead atoms. The summed E-state index contributed by atoms with van der Waals surface area (Å²) in [6.45, 7) is 1.29. The number of hydrogen-bond donors (Lipinski definition) is 0. The first-order chi connectivity index (χ1) is 10.3. The number of anilines is 1. The van der Waals surface area contributed by atoms with Crippen LogP contribution in [0.15, 0.2) is 42.7 Å². The maximum atomic E-state index is 8.87. The normalized spacial score (nSPS) is 10.1. The Morgan fingerprint density at radius 1 is 1.24 bits per heavy atom.